The summed E-state index contributed by atoms with van der Waals surface area (Å²) < 4.78 is 0. The highest BCUT2D eigenvalue weighted by Gasteiger charge is 2.30. The maximum Gasteiger partial charge on any atom is 0.243 e. The minimum atomic E-state index is -0.507. The number of rotatable bonds is 7. The first-order chi connectivity index (χ1) is 13.6. The van der Waals surface area contributed by atoms with E-state index in [-0.39, 0.29) is 23.8 Å². The van der Waals surface area contributed by atoms with Crippen LogP contribution in [-0.2, 0) is 22.6 Å². The minimum absolute atomic E-state index is 0.0351. The van der Waals surface area contributed by atoms with Crippen molar-refractivity contribution in [2.24, 2.45) is 0 Å². The number of amides is 2. The van der Waals surface area contributed by atoms with Gasteiger partial charge in [-0.3, -0.25) is 9.59 Å². The summed E-state index contributed by atoms with van der Waals surface area (Å²) in [4.78, 5) is 28.0. The molecule has 0 aliphatic rings. The highest BCUT2D eigenvalue weighted by molar-refractivity contribution is 5.88. The topological polar surface area (TPSA) is 49.4 Å². The van der Waals surface area contributed by atoms with Crippen molar-refractivity contribution in [1.29, 1.82) is 0 Å². The van der Waals surface area contributed by atoms with E-state index in [1.165, 1.54) is 5.56 Å². The molecule has 1 N–H and O–H groups in total. The van der Waals surface area contributed by atoms with Crippen LogP contribution in [0, 0.1) is 13.8 Å². The molecule has 2 amide bonds. The van der Waals surface area contributed by atoms with E-state index in [1.807, 2.05) is 90.1 Å². The fraction of sp³-hybridized carbons (Fsp3) is 0.440. The largest absolute Gasteiger partial charge is 0.350 e. The van der Waals surface area contributed by atoms with Gasteiger partial charge in [0.2, 0.25) is 11.8 Å². The van der Waals surface area contributed by atoms with Crippen LogP contribution in [-0.4, -0.2) is 28.3 Å². The molecule has 156 valence electrons. The van der Waals surface area contributed by atoms with Gasteiger partial charge in [-0.2, -0.15) is 0 Å². The van der Waals surface area contributed by atoms with Crippen LogP contribution >= 0.6 is 0 Å². The van der Waals surface area contributed by atoms with Crippen molar-refractivity contribution in [3.63, 3.8) is 0 Å². The lowest BCUT2D eigenvalue weighted by Crippen LogP contribution is -2.53. The van der Waals surface area contributed by atoms with E-state index in [9.17, 15) is 9.59 Å². The summed E-state index contributed by atoms with van der Waals surface area (Å²) in [6.07, 6.45) is 0.847. The Morgan fingerprint density at radius 3 is 2.17 bits per heavy atom. The number of hydrogen-bond acceptors (Lipinski definition) is 2. The lowest BCUT2D eigenvalue weighted by atomic mass is 10.0. The summed E-state index contributed by atoms with van der Waals surface area (Å²) in [5.41, 5.74) is 3.94. The molecule has 0 radical (unpaired) electrons. The summed E-state index contributed by atoms with van der Waals surface area (Å²) in [7, 11) is 0. The first-order valence-electron chi connectivity index (χ1n) is 10.3. The molecule has 0 fully saturated rings. The molecule has 2 rings (SSSR count). The van der Waals surface area contributed by atoms with Gasteiger partial charge in [-0.1, -0.05) is 66.6 Å². The Labute approximate surface area is 175 Å². The molecule has 1 atom stereocenters. The average molecular weight is 395 g/mol. The number of nitrogens with zero attached hydrogens (tertiary/aromatic N) is 1. The maximum absolute atomic E-state index is 13.3. The van der Waals surface area contributed by atoms with Gasteiger partial charge in [0.25, 0.3) is 0 Å². The SMILES string of the molecule is CC[C@@H](C(=O)NC(C)(C)C)N(Cc1ccc(C)cc1)C(=O)Cc1cccc(C)c1. The van der Waals surface area contributed by atoms with Crippen LogP contribution in [0.1, 0.15) is 56.4 Å². The quantitative estimate of drug-likeness (QED) is 0.748. The van der Waals surface area contributed by atoms with E-state index in [0.29, 0.717) is 13.0 Å². The Bertz CT molecular complexity index is 835. The number of hydrogen-bond donors (Lipinski definition) is 1. The van der Waals surface area contributed by atoms with Gasteiger partial charge in [-0.15, -0.1) is 0 Å². The second-order valence-corrected chi connectivity index (χ2v) is 8.84. The normalized spacial score (nSPS) is 12.3. The Kier molecular flexibility index (Phi) is 7.60. The second kappa shape index (κ2) is 9.73. The van der Waals surface area contributed by atoms with Crippen molar-refractivity contribution in [2.75, 3.05) is 0 Å². The molecule has 0 saturated heterocycles. The van der Waals surface area contributed by atoms with Gasteiger partial charge in [-0.25, -0.2) is 0 Å². The molecule has 0 aliphatic carbocycles. The third kappa shape index (κ3) is 7.04. The Balaban J connectivity index is 2.30. The predicted molar refractivity (Wildman–Crippen MR) is 119 cm³/mol. The Morgan fingerprint density at radius 2 is 1.62 bits per heavy atom. The van der Waals surface area contributed by atoms with Gasteiger partial charge in [0.1, 0.15) is 6.04 Å². The van der Waals surface area contributed by atoms with Crippen LogP contribution in [0.2, 0.25) is 0 Å². The summed E-state index contributed by atoms with van der Waals surface area (Å²) in [6.45, 7) is 12.3. The molecule has 4 nitrogen and oxygen atoms in total. The van der Waals surface area contributed by atoms with Crippen LogP contribution in [0.15, 0.2) is 48.5 Å². The molecular weight excluding hydrogens is 360 g/mol. The van der Waals surface area contributed by atoms with Gasteiger partial charge in [-0.05, 0) is 52.2 Å². The minimum Gasteiger partial charge on any atom is -0.350 e. The predicted octanol–water partition coefficient (Wildman–Crippen LogP) is 4.57. The zero-order valence-electron chi connectivity index (χ0n) is 18.6. The van der Waals surface area contributed by atoms with Crippen LogP contribution in [0.5, 0.6) is 0 Å². The molecule has 2 aromatic carbocycles. The van der Waals surface area contributed by atoms with E-state index in [0.717, 1.165) is 16.7 Å². The van der Waals surface area contributed by atoms with Crippen molar-refractivity contribution in [3.8, 4) is 0 Å². The molecule has 4 heteroatoms. The van der Waals surface area contributed by atoms with E-state index < -0.39 is 6.04 Å². The Morgan fingerprint density at radius 1 is 0.966 bits per heavy atom. The monoisotopic (exact) mass is 394 g/mol. The van der Waals surface area contributed by atoms with Crippen molar-refractivity contribution in [3.05, 3.63) is 70.8 Å². The van der Waals surface area contributed by atoms with Crippen molar-refractivity contribution in [2.45, 2.75) is 72.5 Å². The summed E-state index contributed by atoms with van der Waals surface area (Å²) in [6, 6.07) is 15.6. The van der Waals surface area contributed by atoms with E-state index >= 15 is 0 Å². The number of aryl methyl sites for hydroxylation is 2. The fourth-order valence-electron chi connectivity index (χ4n) is 3.36. The van der Waals surface area contributed by atoms with Gasteiger partial charge in [0, 0.05) is 12.1 Å². The van der Waals surface area contributed by atoms with E-state index in [4.69, 9.17) is 0 Å². The third-order valence-corrected chi connectivity index (χ3v) is 4.80. The molecular formula is C25H34N2O2. The van der Waals surface area contributed by atoms with Crippen LogP contribution in [0.25, 0.3) is 0 Å². The molecule has 0 bridgehead atoms. The highest BCUT2D eigenvalue weighted by Crippen LogP contribution is 2.16. The van der Waals surface area contributed by atoms with Crippen molar-refractivity contribution >= 4 is 11.8 Å². The van der Waals surface area contributed by atoms with Crippen LogP contribution in [0.4, 0.5) is 0 Å². The molecule has 2 aromatic rings. The molecule has 0 saturated carbocycles. The van der Waals surface area contributed by atoms with Gasteiger partial charge in [0.15, 0.2) is 0 Å². The molecule has 0 heterocycles. The molecule has 0 spiro atoms. The highest BCUT2D eigenvalue weighted by atomic mass is 16.2. The lowest BCUT2D eigenvalue weighted by Gasteiger charge is -2.33. The van der Waals surface area contributed by atoms with Crippen molar-refractivity contribution in [1.82, 2.24) is 10.2 Å². The molecule has 0 aromatic heterocycles. The zero-order chi connectivity index (χ0) is 21.6. The number of carbonyl (C=O) groups is 2. The van der Waals surface area contributed by atoms with Crippen LogP contribution in [0.3, 0.4) is 0 Å². The zero-order valence-corrected chi connectivity index (χ0v) is 18.6. The molecule has 0 unspecified atom stereocenters. The van der Waals surface area contributed by atoms with E-state index in [1.54, 1.807) is 4.90 Å². The molecule has 0 aliphatic heterocycles. The fourth-order valence-corrected chi connectivity index (χ4v) is 3.36. The standard InChI is InChI=1S/C25H34N2O2/c1-7-22(24(29)26-25(4,5)6)27(17-20-13-11-18(2)12-14-20)23(28)16-21-10-8-9-19(3)15-21/h8-15,22H,7,16-17H2,1-6H3,(H,26,29)/t22-/m0/s1. The summed E-state index contributed by atoms with van der Waals surface area (Å²) >= 11 is 0. The second-order valence-electron chi connectivity index (χ2n) is 8.84. The lowest BCUT2D eigenvalue weighted by molar-refractivity contribution is -0.141. The molecule has 29 heavy (non-hydrogen) atoms. The van der Waals surface area contributed by atoms with Crippen LogP contribution < -0.4 is 5.32 Å². The van der Waals surface area contributed by atoms with Gasteiger partial charge >= 0.3 is 0 Å². The number of benzene rings is 2. The summed E-state index contributed by atoms with van der Waals surface area (Å²) in [5, 5.41) is 3.04. The van der Waals surface area contributed by atoms with Gasteiger partial charge in [0.05, 0.1) is 6.42 Å². The average Bonchev–Trinajstić information content (AvgIpc) is 2.61. The van der Waals surface area contributed by atoms with Gasteiger partial charge < -0.3 is 10.2 Å². The summed E-state index contributed by atoms with van der Waals surface area (Å²) in [5.74, 6) is -0.142. The number of carbonyl (C=O) groups excluding carboxylic acids is 2. The first-order valence-corrected chi connectivity index (χ1v) is 10.3. The Hall–Kier alpha value is -2.62. The van der Waals surface area contributed by atoms with E-state index in [2.05, 4.69) is 5.32 Å². The number of nitrogens with one attached hydrogen (secondary N) is 1. The third-order valence-electron chi connectivity index (χ3n) is 4.80. The van der Waals surface area contributed by atoms with Crippen molar-refractivity contribution < 1.29 is 9.59 Å². The first kappa shape index (κ1) is 22.7. The smallest absolute Gasteiger partial charge is 0.243 e. The maximum atomic E-state index is 13.3.